The second-order valence-electron chi connectivity index (χ2n) is 4.81. The lowest BCUT2D eigenvalue weighted by Gasteiger charge is -2.04. The SMILES string of the molecule is C=C(Br)CNC(=O)Cc1csc(COc2ccc(C)cc2)n1. The fourth-order valence-corrected chi connectivity index (χ4v) is 2.54. The zero-order valence-corrected chi connectivity index (χ0v) is 14.7. The van der Waals surface area contributed by atoms with Gasteiger partial charge in [0, 0.05) is 16.4 Å². The quantitative estimate of drug-likeness (QED) is 0.798. The molecular formula is C16H17BrN2O2S. The molecular weight excluding hydrogens is 364 g/mol. The number of rotatable bonds is 7. The van der Waals surface area contributed by atoms with Gasteiger partial charge in [-0.1, -0.05) is 40.2 Å². The predicted molar refractivity (Wildman–Crippen MR) is 92.4 cm³/mol. The van der Waals surface area contributed by atoms with Crippen LogP contribution in [0.25, 0.3) is 0 Å². The summed E-state index contributed by atoms with van der Waals surface area (Å²) in [5.41, 5.74) is 1.95. The van der Waals surface area contributed by atoms with Gasteiger partial charge in [0.2, 0.25) is 5.91 Å². The Morgan fingerprint density at radius 1 is 1.41 bits per heavy atom. The minimum absolute atomic E-state index is 0.0723. The van der Waals surface area contributed by atoms with Crippen LogP contribution in [0.1, 0.15) is 16.3 Å². The van der Waals surface area contributed by atoms with Crippen molar-refractivity contribution in [2.75, 3.05) is 6.54 Å². The molecule has 0 saturated carbocycles. The van der Waals surface area contributed by atoms with Gasteiger partial charge in [-0.15, -0.1) is 11.3 Å². The molecule has 1 amide bonds. The summed E-state index contributed by atoms with van der Waals surface area (Å²) in [5.74, 6) is 0.743. The van der Waals surface area contributed by atoms with E-state index in [9.17, 15) is 4.79 Å². The maximum Gasteiger partial charge on any atom is 0.226 e. The second kappa shape index (κ2) is 8.10. The third-order valence-electron chi connectivity index (χ3n) is 2.80. The summed E-state index contributed by atoms with van der Waals surface area (Å²) in [6, 6.07) is 7.88. The van der Waals surface area contributed by atoms with Gasteiger partial charge >= 0.3 is 0 Å². The number of carbonyl (C=O) groups is 1. The van der Waals surface area contributed by atoms with E-state index < -0.39 is 0 Å². The van der Waals surface area contributed by atoms with Crippen molar-refractivity contribution in [1.82, 2.24) is 10.3 Å². The van der Waals surface area contributed by atoms with Gasteiger partial charge in [-0.3, -0.25) is 4.79 Å². The molecule has 0 bridgehead atoms. The Kier molecular flexibility index (Phi) is 6.15. The molecule has 4 nitrogen and oxygen atoms in total. The normalized spacial score (nSPS) is 10.3. The van der Waals surface area contributed by atoms with Crippen molar-refractivity contribution < 1.29 is 9.53 Å². The highest BCUT2D eigenvalue weighted by Crippen LogP contribution is 2.16. The highest BCUT2D eigenvalue weighted by Gasteiger charge is 2.08. The molecule has 22 heavy (non-hydrogen) atoms. The number of nitrogens with one attached hydrogen (secondary N) is 1. The van der Waals surface area contributed by atoms with E-state index in [4.69, 9.17) is 4.74 Å². The van der Waals surface area contributed by atoms with Gasteiger partial charge in [0.15, 0.2) is 0 Å². The highest BCUT2D eigenvalue weighted by molar-refractivity contribution is 9.11. The molecule has 1 aromatic heterocycles. The van der Waals surface area contributed by atoms with Crippen LogP contribution in [0.3, 0.4) is 0 Å². The molecule has 0 atom stereocenters. The lowest BCUT2D eigenvalue weighted by atomic mass is 10.2. The van der Waals surface area contributed by atoms with Crippen LogP contribution in [-0.2, 0) is 17.8 Å². The lowest BCUT2D eigenvalue weighted by molar-refractivity contribution is -0.120. The number of halogens is 1. The van der Waals surface area contributed by atoms with Crippen LogP contribution in [0.2, 0.25) is 0 Å². The van der Waals surface area contributed by atoms with Gasteiger partial charge in [0.1, 0.15) is 17.4 Å². The first-order valence-electron chi connectivity index (χ1n) is 6.75. The molecule has 0 aliphatic heterocycles. The number of hydrogen-bond donors (Lipinski definition) is 1. The number of thiazole rings is 1. The topological polar surface area (TPSA) is 51.2 Å². The van der Waals surface area contributed by atoms with Crippen LogP contribution in [0.5, 0.6) is 5.75 Å². The summed E-state index contributed by atoms with van der Waals surface area (Å²) in [6.07, 6.45) is 0.265. The van der Waals surface area contributed by atoms with Crippen LogP contribution in [0.15, 0.2) is 40.7 Å². The number of hydrogen-bond acceptors (Lipinski definition) is 4. The summed E-state index contributed by atoms with van der Waals surface area (Å²) in [4.78, 5) is 16.1. The van der Waals surface area contributed by atoms with Gasteiger partial charge in [0.05, 0.1) is 12.1 Å². The number of aryl methyl sites for hydroxylation is 1. The third-order valence-corrected chi connectivity index (χ3v) is 3.95. The van der Waals surface area contributed by atoms with Crippen molar-refractivity contribution >= 4 is 33.2 Å². The standard InChI is InChI=1S/C16H17BrN2O2S/c1-11-3-5-14(6-4-11)21-9-16-19-13(10-22-16)7-15(20)18-8-12(2)17/h3-6,10H,2,7-9H2,1H3,(H,18,20). The Labute approximate surface area is 142 Å². The number of benzene rings is 1. The fourth-order valence-electron chi connectivity index (χ4n) is 1.70. The monoisotopic (exact) mass is 380 g/mol. The summed E-state index contributed by atoms with van der Waals surface area (Å²) in [5, 5.41) is 5.49. The largest absolute Gasteiger partial charge is 0.486 e. The maximum atomic E-state index is 11.7. The highest BCUT2D eigenvalue weighted by atomic mass is 79.9. The van der Waals surface area contributed by atoms with E-state index in [1.807, 2.05) is 36.6 Å². The molecule has 2 aromatic rings. The molecule has 0 aliphatic carbocycles. The van der Waals surface area contributed by atoms with Crippen LogP contribution in [-0.4, -0.2) is 17.4 Å². The van der Waals surface area contributed by atoms with Crippen LogP contribution >= 0.6 is 27.3 Å². The summed E-state index contributed by atoms with van der Waals surface area (Å²) in [6.45, 7) is 6.54. The molecule has 1 heterocycles. The summed E-state index contributed by atoms with van der Waals surface area (Å²) < 4.78 is 6.42. The van der Waals surface area contributed by atoms with Crippen LogP contribution in [0.4, 0.5) is 0 Å². The Morgan fingerprint density at radius 3 is 2.82 bits per heavy atom. The van der Waals surface area contributed by atoms with Crippen LogP contribution < -0.4 is 10.1 Å². The van der Waals surface area contributed by atoms with Crippen LogP contribution in [0, 0.1) is 6.92 Å². The van der Waals surface area contributed by atoms with E-state index in [0.29, 0.717) is 13.2 Å². The Hall–Kier alpha value is -1.66. The van der Waals surface area contributed by atoms with E-state index in [-0.39, 0.29) is 12.3 Å². The van der Waals surface area contributed by atoms with Gasteiger partial charge in [-0.2, -0.15) is 0 Å². The molecule has 0 aliphatic rings. The Morgan fingerprint density at radius 2 is 2.14 bits per heavy atom. The van der Waals surface area contributed by atoms with Crippen molar-refractivity contribution in [3.05, 3.63) is 57.0 Å². The van der Waals surface area contributed by atoms with E-state index in [0.717, 1.165) is 20.9 Å². The molecule has 0 saturated heterocycles. The summed E-state index contributed by atoms with van der Waals surface area (Å²) >= 11 is 4.70. The first kappa shape index (κ1) is 16.7. The van der Waals surface area contributed by atoms with E-state index in [1.165, 1.54) is 16.9 Å². The number of aromatic nitrogens is 1. The molecule has 1 N–H and O–H groups in total. The Balaban J connectivity index is 1.82. The van der Waals surface area contributed by atoms with E-state index in [2.05, 4.69) is 32.8 Å². The molecule has 6 heteroatoms. The fraction of sp³-hybridized carbons (Fsp3) is 0.250. The van der Waals surface area contributed by atoms with Gasteiger partial charge < -0.3 is 10.1 Å². The lowest BCUT2D eigenvalue weighted by Crippen LogP contribution is -2.26. The first-order chi connectivity index (χ1) is 10.5. The number of carbonyl (C=O) groups excluding carboxylic acids is 1. The number of ether oxygens (including phenoxy) is 1. The number of nitrogens with zero attached hydrogens (tertiary/aromatic N) is 1. The van der Waals surface area contributed by atoms with Crippen molar-refractivity contribution in [3.63, 3.8) is 0 Å². The predicted octanol–water partition coefficient (Wildman–Crippen LogP) is 3.60. The smallest absolute Gasteiger partial charge is 0.226 e. The second-order valence-corrected chi connectivity index (χ2v) is 6.87. The van der Waals surface area contributed by atoms with Gasteiger partial charge in [0.25, 0.3) is 0 Å². The van der Waals surface area contributed by atoms with Gasteiger partial charge in [-0.05, 0) is 19.1 Å². The minimum Gasteiger partial charge on any atom is -0.486 e. The molecule has 0 fully saturated rings. The molecule has 0 unspecified atom stereocenters. The zero-order chi connectivity index (χ0) is 15.9. The molecule has 1 aromatic carbocycles. The number of amides is 1. The molecule has 0 radical (unpaired) electrons. The summed E-state index contributed by atoms with van der Waals surface area (Å²) in [7, 11) is 0. The zero-order valence-electron chi connectivity index (χ0n) is 12.3. The Bertz CT molecular complexity index is 652. The van der Waals surface area contributed by atoms with Crippen molar-refractivity contribution in [2.24, 2.45) is 0 Å². The van der Waals surface area contributed by atoms with Gasteiger partial charge in [-0.25, -0.2) is 4.98 Å². The third kappa shape index (κ3) is 5.61. The molecule has 2 rings (SSSR count). The first-order valence-corrected chi connectivity index (χ1v) is 8.43. The van der Waals surface area contributed by atoms with E-state index in [1.54, 1.807) is 0 Å². The average Bonchev–Trinajstić information content (AvgIpc) is 2.92. The molecule has 116 valence electrons. The average molecular weight is 381 g/mol. The van der Waals surface area contributed by atoms with E-state index >= 15 is 0 Å². The minimum atomic E-state index is -0.0723. The van der Waals surface area contributed by atoms with Crippen molar-refractivity contribution in [3.8, 4) is 5.75 Å². The van der Waals surface area contributed by atoms with Crippen molar-refractivity contribution in [1.29, 1.82) is 0 Å². The molecule has 0 spiro atoms. The maximum absolute atomic E-state index is 11.7. The van der Waals surface area contributed by atoms with Crippen molar-refractivity contribution in [2.45, 2.75) is 20.0 Å².